The highest BCUT2D eigenvalue weighted by Gasteiger charge is 2.23. The molecule has 6 heteroatoms. The highest BCUT2D eigenvalue weighted by Crippen LogP contribution is 2.48. The molecule has 4 nitrogen and oxygen atoms in total. The molecule has 0 atom stereocenters. The van der Waals surface area contributed by atoms with Crippen molar-refractivity contribution in [2.45, 2.75) is 0 Å². The number of rotatable bonds is 6. The normalized spacial score (nSPS) is 12.9. The second kappa shape index (κ2) is 14.4. The number of benzene rings is 9. The van der Waals surface area contributed by atoms with Crippen LogP contribution in [-0.2, 0) is 0 Å². The Bertz CT molecular complexity index is 4190. The van der Waals surface area contributed by atoms with E-state index >= 15 is 0 Å². The van der Waals surface area contributed by atoms with Crippen LogP contribution in [0.5, 0.6) is 0 Å². The van der Waals surface area contributed by atoms with Crippen LogP contribution in [-0.4, -0.2) is 19.5 Å². The van der Waals surface area contributed by atoms with E-state index in [1.54, 1.807) is 22.7 Å². The first-order chi connectivity index (χ1) is 33.3. The first-order valence-electron chi connectivity index (χ1n) is 23.2. The Hall–Kier alpha value is -7.77. The molecule has 13 aromatic rings. The Kier molecular flexibility index (Phi) is 7.13. The lowest BCUT2D eigenvalue weighted by molar-refractivity contribution is 1.07. The van der Waals surface area contributed by atoms with Crippen LogP contribution < -0.4 is 0 Å². The average Bonchev–Trinajstić information content (AvgIpc) is 4.07. The van der Waals surface area contributed by atoms with Gasteiger partial charge in [-0.3, -0.25) is 0 Å². The second-order valence-corrected chi connectivity index (χ2v) is 17.7. The summed E-state index contributed by atoms with van der Waals surface area (Å²) >= 11 is 3.47. The Labute approximate surface area is 377 Å². The fourth-order valence-corrected chi connectivity index (χ4v) is 11.6. The van der Waals surface area contributed by atoms with Crippen molar-refractivity contribution in [3.63, 3.8) is 0 Å². The van der Waals surface area contributed by atoms with Crippen LogP contribution >= 0.6 is 22.7 Å². The lowest BCUT2D eigenvalue weighted by Crippen LogP contribution is -2.01. The van der Waals surface area contributed by atoms with Gasteiger partial charge in [0.15, 0.2) is 17.5 Å². The van der Waals surface area contributed by atoms with Crippen molar-refractivity contribution in [2.24, 2.45) is 0 Å². The average molecular weight is 844 g/mol. The van der Waals surface area contributed by atoms with E-state index in [1.165, 1.54) is 20.2 Å². The summed E-state index contributed by atoms with van der Waals surface area (Å²) in [6.45, 7) is 0. The van der Waals surface area contributed by atoms with Crippen LogP contribution in [0.1, 0.15) is 6.85 Å². The lowest BCUT2D eigenvalue weighted by atomic mass is 9.97. The summed E-state index contributed by atoms with van der Waals surface area (Å²) in [5.41, 5.74) is 8.85. The molecule has 13 rings (SSSR count). The Morgan fingerprint density at radius 1 is 0.397 bits per heavy atom. The van der Waals surface area contributed by atoms with Gasteiger partial charge in [0.2, 0.25) is 0 Å². The van der Waals surface area contributed by atoms with Crippen LogP contribution in [0, 0.1) is 0 Å². The molecule has 0 aliphatic rings. The topological polar surface area (TPSA) is 43.6 Å². The van der Waals surface area contributed by atoms with Gasteiger partial charge in [-0.05, 0) is 58.7 Å². The van der Waals surface area contributed by atoms with E-state index in [9.17, 15) is 0 Å². The van der Waals surface area contributed by atoms with Crippen LogP contribution in [0.2, 0.25) is 0 Å². The third kappa shape index (κ3) is 5.83. The zero-order valence-electron chi connectivity index (χ0n) is 38.3. The van der Waals surface area contributed by atoms with Crippen molar-refractivity contribution >= 4 is 84.8 Å². The molecule has 4 aromatic heterocycles. The van der Waals surface area contributed by atoms with Gasteiger partial charge in [0.1, 0.15) is 0 Å². The molecule has 0 aliphatic carbocycles. The molecule has 294 valence electrons. The van der Waals surface area contributed by atoms with Crippen LogP contribution in [0.15, 0.2) is 206 Å². The molecule has 0 aliphatic heterocycles. The largest absolute Gasteiger partial charge is 0.309 e. The van der Waals surface area contributed by atoms with E-state index in [2.05, 4.69) is 144 Å². The monoisotopic (exact) mass is 843 g/mol. The summed E-state index contributed by atoms with van der Waals surface area (Å²) in [5.74, 6) is 0.629. The van der Waals surface area contributed by atoms with Crippen molar-refractivity contribution in [3.8, 4) is 62.1 Å². The van der Waals surface area contributed by atoms with Crippen molar-refractivity contribution < 1.29 is 6.85 Å². The van der Waals surface area contributed by atoms with Crippen LogP contribution in [0.4, 0.5) is 0 Å². The quantitative estimate of drug-likeness (QED) is 0.167. The third-order valence-electron chi connectivity index (χ3n) is 11.9. The molecule has 0 bridgehead atoms. The summed E-state index contributed by atoms with van der Waals surface area (Å²) in [4.78, 5) is 15.2. The van der Waals surface area contributed by atoms with E-state index in [4.69, 9.17) is 21.8 Å². The highest BCUT2D eigenvalue weighted by atomic mass is 32.1. The second-order valence-electron chi connectivity index (χ2n) is 15.6. The molecule has 0 saturated carbocycles. The number of hydrogen-bond acceptors (Lipinski definition) is 5. The summed E-state index contributed by atoms with van der Waals surface area (Å²) in [6.07, 6.45) is 0. The first-order valence-corrected chi connectivity index (χ1v) is 22.3. The summed E-state index contributed by atoms with van der Waals surface area (Å²) < 4.78 is 50.4. The Morgan fingerprint density at radius 3 is 1.89 bits per heavy atom. The molecule has 0 N–H and O–H groups in total. The maximum Gasteiger partial charge on any atom is 0.165 e. The van der Waals surface area contributed by atoms with Crippen LogP contribution in [0.3, 0.4) is 0 Å². The minimum atomic E-state index is -0.482. The van der Waals surface area contributed by atoms with E-state index < -0.39 is 18.1 Å². The maximum absolute atomic E-state index is 9.02. The summed E-state index contributed by atoms with van der Waals surface area (Å²) in [5, 5.41) is 6.74. The molecule has 0 unspecified atom stereocenters. The SMILES string of the molecule is [2H]c1c([2H])c([2H])c(-c2nc(-c3ccccc3)nc(-c3cc(-n4c5ccccc5c5ccc6sc7ccccc7c6c54)cc4c3sc3c(-c5cccc(-c6ccccc6)c5)cccc34)n2)c([2H])c1[2H]. The van der Waals surface area contributed by atoms with Gasteiger partial charge in [0.25, 0.3) is 0 Å². The van der Waals surface area contributed by atoms with Gasteiger partial charge >= 0.3 is 0 Å². The standard InChI is InChI=1S/C57H34N4S2/c1-4-16-35(17-5-1)38-22-14-23-39(32-38)41-26-15-27-44-46-33-40(61-48-28-12-10-24-42(48)43-30-31-50-51(52(43)61)45-25-11-13-29-49(45)62-50)34-47(54(46)63-53(41)44)57-59-55(36-18-6-2-7-19-36)58-56(60-57)37-20-8-3-9-21-37/h1-34H/i2D,6D,7D,18D,19D. The first kappa shape index (κ1) is 31.1. The van der Waals surface area contributed by atoms with E-state index in [0.29, 0.717) is 17.2 Å². The lowest BCUT2D eigenvalue weighted by Gasteiger charge is -2.13. The van der Waals surface area contributed by atoms with Gasteiger partial charge in [-0.1, -0.05) is 170 Å². The Morgan fingerprint density at radius 2 is 1.05 bits per heavy atom. The molecular weight excluding hydrogens is 805 g/mol. The highest BCUT2D eigenvalue weighted by molar-refractivity contribution is 7.27. The smallest absolute Gasteiger partial charge is 0.165 e. The molecule has 0 spiro atoms. The summed E-state index contributed by atoms with van der Waals surface area (Å²) in [6, 6.07) is 59.0. The maximum atomic E-state index is 9.02. The molecular formula is C57H34N4S2. The van der Waals surface area contributed by atoms with Crippen molar-refractivity contribution in [3.05, 3.63) is 206 Å². The number of para-hydroxylation sites is 1. The van der Waals surface area contributed by atoms with Crippen molar-refractivity contribution in [2.75, 3.05) is 0 Å². The molecule has 0 fully saturated rings. The third-order valence-corrected chi connectivity index (χ3v) is 14.4. The van der Waals surface area contributed by atoms with Gasteiger partial charge in [0, 0.05) is 73.5 Å². The fraction of sp³-hybridized carbons (Fsp3) is 0. The molecule has 63 heavy (non-hydrogen) atoms. The number of thiophene rings is 2. The Balaban J connectivity index is 1.16. The van der Waals surface area contributed by atoms with Gasteiger partial charge in [0.05, 0.1) is 17.9 Å². The predicted molar refractivity (Wildman–Crippen MR) is 267 cm³/mol. The van der Waals surface area contributed by atoms with Gasteiger partial charge in [-0.15, -0.1) is 22.7 Å². The number of nitrogens with zero attached hydrogens (tertiary/aromatic N) is 4. The molecule has 0 saturated heterocycles. The van der Waals surface area contributed by atoms with Crippen LogP contribution in [0.25, 0.3) is 124 Å². The van der Waals surface area contributed by atoms with Crippen molar-refractivity contribution in [1.29, 1.82) is 0 Å². The fourth-order valence-electron chi connectivity index (χ4n) is 9.12. The van der Waals surface area contributed by atoms with Crippen molar-refractivity contribution in [1.82, 2.24) is 19.5 Å². The molecule has 9 aromatic carbocycles. The number of aromatic nitrogens is 4. The number of hydrogen-bond donors (Lipinski definition) is 0. The molecule has 4 heterocycles. The van der Waals surface area contributed by atoms with E-state index in [-0.39, 0.29) is 23.5 Å². The molecule has 0 amide bonds. The van der Waals surface area contributed by atoms with E-state index in [1.807, 2.05) is 36.4 Å². The minimum Gasteiger partial charge on any atom is -0.309 e. The zero-order chi connectivity index (χ0) is 45.8. The van der Waals surface area contributed by atoms with Gasteiger partial charge < -0.3 is 4.57 Å². The van der Waals surface area contributed by atoms with E-state index in [0.717, 1.165) is 75.5 Å². The van der Waals surface area contributed by atoms with Gasteiger partial charge in [-0.25, -0.2) is 15.0 Å². The zero-order valence-corrected chi connectivity index (χ0v) is 35.0. The summed E-state index contributed by atoms with van der Waals surface area (Å²) in [7, 11) is 0. The molecule has 0 radical (unpaired) electrons. The number of fused-ring (bicyclic) bond motifs is 10. The predicted octanol–water partition coefficient (Wildman–Crippen LogP) is 16.0. The minimum absolute atomic E-state index is 0.00718. The van der Waals surface area contributed by atoms with Gasteiger partial charge in [-0.2, -0.15) is 0 Å².